The molecule has 1 aliphatic carbocycles. The molecule has 8 aliphatic rings. The number of aliphatic hydroxyl groups is 25. The highest BCUT2D eigenvalue weighted by atomic mass is 16.8. The maximum atomic E-state index is 11.5. The van der Waals surface area contributed by atoms with Crippen LogP contribution in [0.1, 0.15) is 6.92 Å². The molecule has 1 unspecified atom stereocenters. The molecular formula is C49H83NO38. The van der Waals surface area contributed by atoms with Gasteiger partial charge in [-0.25, -0.2) is 0 Å². The molecule has 39 nitrogen and oxygen atoms in total. The number of rotatable bonds is 21. The average molecular weight is 1290 g/mol. The Kier molecular flexibility index (Phi) is 25.1. The second-order valence-corrected chi connectivity index (χ2v) is 22.6. The van der Waals surface area contributed by atoms with Gasteiger partial charge in [-0.05, 0) is 12.5 Å². The average Bonchev–Trinajstić information content (AvgIpc) is 1.79. The molecule has 88 heavy (non-hydrogen) atoms. The number of hydrogen-bond acceptors (Lipinski definition) is 39. The smallest absolute Gasteiger partial charge is 0.187 e. The van der Waals surface area contributed by atoms with E-state index in [1.54, 1.807) is 0 Å². The molecule has 0 aromatic rings. The minimum atomic E-state index is -2.19. The quantitative estimate of drug-likeness (QED) is 0.0475. The van der Waals surface area contributed by atoms with E-state index in [-0.39, 0.29) is 5.57 Å². The van der Waals surface area contributed by atoms with Crippen LogP contribution in [0.4, 0.5) is 0 Å². The van der Waals surface area contributed by atoms with E-state index < -0.39 is 285 Å². The minimum absolute atomic E-state index is 0.178. The molecule has 0 aromatic carbocycles. The van der Waals surface area contributed by atoms with Crippen LogP contribution >= 0.6 is 0 Å². The summed E-state index contributed by atoms with van der Waals surface area (Å²) in [5.41, 5.74) is -0.178. The van der Waals surface area contributed by atoms with Gasteiger partial charge in [0.2, 0.25) is 0 Å². The Morgan fingerprint density at radius 1 is 0.318 bits per heavy atom. The molecule has 0 aromatic heterocycles. The normalized spacial score (nSPS) is 53.2. The van der Waals surface area contributed by atoms with Crippen molar-refractivity contribution >= 4 is 0 Å². The van der Waals surface area contributed by atoms with Gasteiger partial charge in [-0.1, -0.05) is 6.08 Å². The highest BCUT2D eigenvalue weighted by Gasteiger charge is 2.58. The lowest BCUT2D eigenvalue weighted by atomic mass is 9.86. The molecule has 0 radical (unpaired) electrons. The summed E-state index contributed by atoms with van der Waals surface area (Å²) in [7, 11) is 0. The summed E-state index contributed by atoms with van der Waals surface area (Å²) in [4.78, 5) is 0. The Labute approximate surface area is 497 Å². The zero-order chi connectivity index (χ0) is 64.7. The van der Waals surface area contributed by atoms with Crippen molar-refractivity contribution in [3.8, 4) is 0 Å². The number of hydrogen-bond donors (Lipinski definition) is 26. The van der Waals surface area contributed by atoms with Crippen LogP contribution in [0, 0.1) is 0 Å². The number of aliphatic hydroxyl groups excluding tert-OH is 25. The Hall–Kier alpha value is -1.82. The van der Waals surface area contributed by atoms with Crippen molar-refractivity contribution in [3.05, 3.63) is 11.6 Å². The van der Waals surface area contributed by atoms with Crippen molar-refractivity contribution in [2.24, 2.45) is 0 Å². The molecule has 7 saturated heterocycles. The zero-order valence-electron chi connectivity index (χ0n) is 46.5. The lowest BCUT2D eigenvalue weighted by Gasteiger charge is -2.50. The topological polar surface area (TPSA) is 638 Å². The van der Waals surface area contributed by atoms with Crippen molar-refractivity contribution < 1.29 is 189 Å². The maximum Gasteiger partial charge on any atom is 0.187 e. The van der Waals surface area contributed by atoms with Gasteiger partial charge in [0.25, 0.3) is 0 Å². The summed E-state index contributed by atoms with van der Waals surface area (Å²) in [6, 6.07) is -2.76. The first kappa shape index (κ1) is 72.0. The zero-order valence-corrected chi connectivity index (χ0v) is 46.5. The highest BCUT2D eigenvalue weighted by Crippen LogP contribution is 2.38. The van der Waals surface area contributed by atoms with Crippen molar-refractivity contribution in [1.29, 1.82) is 0 Å². The third-order valence-electron chi connectivity index (χ3n) is 16.9. The minimum Gasteiger partial charge on any atom is -0.394 e. The summed E-state index contributed by atoms with van der Waals surface area (Å²) in [6.07, 6.45) is -68.3. The van der Waals surface area contributed by atoms with Gasteiger partial charge in [-0.3, -0.25) is 0 Å². The van der Waals surface area contributed by atoms with Crippen LogP contribution in [0.3, 0.4) is 0 Å². The van der Waals surface area contributed by atoms with Crippen molar-refractivity contribution in [3.63, 3.8) is 0 Å². The Morgan fingerprint density at radius 2 is 0.625 bits per heavy atom. The molecule has 8 rings (SSSR count). The standard InChI is InChI=1S/C49H83NO38/c1-10-19(50-12-2-11(3-51)37(24(62)20(12)58)83-46-33(71)26(64)40(16(7-55)79-46)86-45-32(70)23(61)21(59)13(4-52)78-45)22(60)31(69)44(76-10)84-39-15(6-54)80-48(34(72)27(39)65)87-42-18(9-57)82-49(36(74)29(42)67)88-41-17(8-56)81-47(35(73)28(41)66)85-38-14(5-53)77-43(75)30(68)25(38)63/h2,10,12-75H,3-9H2,1H3/t10-,12+,13-,14-,15-,16-,17-,18-,19-,20+,21-,22+,23+,24-,25-,26-,27-,28-,29-,30-,31-,32-,33-,34-,35-,36-,37-,38-,39-,40-,41-,42-,43?,44-,45-,46-,47-,48-,49-/m1/s1. The van der Waals surface area contributed by atoms with E-state index >= 15 is 0 Å². The lowest BCUT2D eigenvalue weighted by molar-refractivity contribution is -0.391. The summed E-state index contributed by atoms with van der Waals surface area (Å²) >= 11 is 0. The van der Waals surface area contributed by atoms with E-state index in [0.29, 0.717) is 0 Å². The third-order valence-corrected chi connectivity index (χ3v) is 16.9. The number of ether oxygens (including phenoxy) is 13. The molecule has 39 heteroatoms. The fourth-order valence-electron chi connectivity index (χ4n) is 11.8. The molecule has 0 bridgehead atoms. The molecule has 512 valence electrons. The molecule has 7 heterocycles. The Bertz CT molecular complexity index is 2180. The predicted octanol–water partition coefficient (Wildman–Crippen LogP) is -17.3. The molecule has 0 amide bonds. The molecule has 26 N–H and O–H groups in total. The van der Waals surface area contributed by atoms with Crippen LogP contribution in [0.15, 0.2) is 11.6 Å². The van der Waals surface area contributed by atoms with E-state index in [1.165, 1.54) is 6.92 Å². The first-order valence-electron chi connectivity index (χ1n) is 28.2. The highest BCUT2D eigenvalue weighted by molar-refractivity contribution is 5.23. The Balaban J connectivity index is 0.851. The number of nitrogens with one attached hydrogen (secondary N) is 1. The monoisotopic (exact) mass is 1290 g/mol. The SMILES string of the molecule is C[C@H]1O[C@H](O[C@H]2[C@H](O)[C@@H](O)[C@@H](O[C@H]3[C@H](O)[C@@H](O)[C@@H](O[C@H]4[C@H](O)[C@@H](O)[C@@H](O[C@H]5[C@H](O)[C@@H](O)C(O)O[C@@H]5CO)O[C@@H]4CO)O[C@@H]3CO)O[C@@H]2CO)[C@H](O)[C@@H](O)[C@@H]1N[C@H]1C=C(CO)[C@@H](O[C@H]2O[C@H](CO)[C@@H](O[C@H]3O[C@H](CO)[C@@H](O)[C@H](O)[C@H]3O)[C@H](O)[C@H]2O)[C@H](O)[C@H]1O. The maximum absolute atomic E-state index is 11.5. The van der Waals surface area contributed by atoms with Gasteiger partial charge in [0.1, 0.15) is 177 Å². The molecule has 0 saturated carbocycles. The van der Waals surface area contributed by atoms with Gasteiger partial charge >= 0.3 is 0 Å². The fourth-order valence-corrected chi connectivity index (χ4v) is 11.8. The van der Waals surface area contributed by atoms with Crippen LogP contribution in [-0.4, -0.2) is 413 Å². The summed E-state index contributed by atoms with van der Waals surface area (Å²) < 4.78 is 72.7. The first-order valence-corrected chi connectivity index (χ1v) is 28.2. The van der Waals surface area contributed by atoms with E-state index in [9.17, 15) is 128 Å². The molecule has 7 aliphatic heterocycles. The lowest BCUT2D eigenvalue weighted by Crippen LogP contribution is -2.69. The van der Waals surface area contributed by atoms with E-state index in [0.717, 1.165) is 6.08 Å². The Morgan fingerprint density at radius 3 is 0.989 bits per heavy atom. The second-order valence-electron chi connectivity index (χ2n) is 22.6. The summed E-state index contributed by atoms with van der Waals surface area (Å²) in [5, 5.41) is 270. The van der Waals surface area contributed by atoms with Gasteiger partial charge in [0, 0.05) is 0 Å². The predicted molar refractivity (Wildman–Crippen MR) is 268 cm³/mol. The van der Waals surface area contributed by atoms with Crippen LogP contribution in [0.2, 0.25) is 0 Å². The van der Waals surface area contributed by atoms with Gasteiger partial charge < -0.3 is 195 Å². The van der Waals surface area contributed by atoms with Gasteiger partial charge in [-0.2, -0.15) is 0 Å². The molecule has 0 spiro atoms. The van der Waals surface area contributed by atoms with Crippen molar-refractivity contribution in [2.45, 2.75) is 246 Å². The third kappa shape index (κ3) is 14.5. The first-order chi connectivity index (χ1) is 41.7. The molecule has 7 fully saturated rings. The van der Waals surface area contributed by atoms with Crippen LogP contribution in [0.25, 0.3) is 0 Å². The van der Waals surface area contributed by atoms with Gasteiger partial charge in [0.05, 0.1) is 64.4 Å². The van der Waals surface area contributed by atoms with Crippen LogP contribution in [0.5, 0.6) is 0 Å². The second kappa shape index (κ2) is 30.7. The van der Waals surface area contributed by atoms with Crippen LogP contribution in [-0.2, 0) is 61.6 Å². The largest absolute Gasteiger partial charge is 0.394 e. The van der Waals surface area contributed by atoms with E-state index in [2.05, 4.69) is 5.32 Å². The van der Waals surface area contributed by atoms with E-state index in [1.807, 2.05) is 0 Å². The van der Waals surface area contributed by atoms with Gasteiger partial charge in [0.15, 0.2) is 44.0 Å². The molecular weight excluding hydrogens is 1210 g/mol. The summed E-state index contributed by atoms with van der Waals surface area (Å²) in [5.74, 6) is 0. The van der Waals surface area contributed by atoms with Crippen molar-refractivity contribution in [1.82, 2.24) is 5.32 Å². The van der Waals surface area contributed by atoms with E-state index in [4.69, 9.17) is 61.6 Å². The fraction of sp³-hybridized carbons (Fsp3) is 0.959. The van der Waals surface area contributed by atoms with Crippen LogP contribution < -0.4 is 5.32 Å². The molecule has 39 atom stereocenters. The van der Waals surface area contributed by atoms with Gasteiger partial charge in [-0.15, -0.1) is 0 Å². The van der Waals surface area contributed by atoms with Crippen molar-refractivity contribution in [2.75, 3.05) is 46.2 Å². The summed E-state index contributed by atoms with van der Waals surface area (Å²) in [6.45, 7) is -5.25.